The second-order valence-electron chi connectivity index (χ2n) is 25.8. The van der Waals surface area contributed by atoms with Gasteiger partial charge in [-0.15, -0.1) is 0 Å². The van der Waals surface area contributed by atoms with Gasteiger partial charge in [0, 0.05) is 142 Å². The van der Waals surface area contributed by atoms with Crippen molar-refractivity contribution in [3.63, 3.8) is 0 Å². The Labute approximate surface area is 628 Å². The van der Waals surface area contributed by atoms with Gasteiger partial charge in [0.15, 0.2) is 5.82 Å². The minimum absolute atomic E-state index is 0.0989. The zero-order valence-electron chi connectivity index (χ0n) is 61.1. The highest BCUT2D eigenvalue weighted by atomic mass is 19.1. The number of halogens is 2. The molecule has 12 heterocycles. The van der Waals surface area contributed by atoms with Crippen LogP contribution in [0.15, 0.2) is 153 Å². The van der Waals surface area contributed by atoms with Crippen molar-refractivity contribution < 1.29 is 47.0 Å². The average molecular weight is 1490 g/mol. The van der Waals surface area contributed by atoms with Crippen LogP contribution in [0.2, 0.25) is 0 Å². The topological polar surface area (TPSA) is 369 Å². The van der Waals surface area contributed by atoms with E-state index >= 15 is 0 Å². The average Bonchev–Trinajstić information content (AvgIpc) is 1.58. The molecule has 3 aromatic carbocycles. The zero-order valence-corrected chi connectivity index (χ0v) is 61.1. The number of amides is 5. The first kappa shape index (κ1) is 74.8. The molecule has 31 nitrogen and oxygen atoms in total. The molecule has 6 N–H and O–H groups in total. The number of nitrogens with zero attached hydrogens (tertiary/aromatic N) is 17. The Kier molecular flexibility index (Phi) is 23.1. The van der Waals surface area contributed by atoms with Crippen LogP contribution in [0.1, 0.15) is 57.7 Å². The molecule has 2 fully saturated rings. The van der Waals surface area contributed by atoms with Gasteiger partial charge >= 0.3 is 18.3 Å². The molecule has 15 rings (SSSR count). The van der Waals surface area contributed by atoms with Gasteiger partial charge in [-0.25, -0.2) is 63.0 Å². The summed E-state index contributed by atoms with van der Waals surface area (Å²) in [5.74, 6) is 2.08. The summed E-state index contributed by atoms with van der Waals surface area (Å²) in [6, 6.07) is 26.9. The minimum atomic E-state index is -0.644. The quantitative estimate of drug-likeness (QED) is 0.0410. The van der Waals surface area contributed by atoms with E-state index in [4.69, 9.17) is 14.2 Å². The molecular formula is C77H77F2N23O8. The number of pyridine rings is 4. The molecule has 0 spiro atoms. The third-order valence-corrected chi connectivity index (χ3v) is 17.9. The number of aromatic nitrogens is 16. The van der Waals surface area contributed by atoms with Crippen molar-refractivity contribution in [1.82, 2.24) is 98.9 Å². The van der Waals surface area contributed by atoms with E-state index in [9.17, 15) is 32.8 Å². The Morgan fingerprint density at radius 2 is 1.02 bits per heavy atom. The highest BCUT2D eigenvalue weighted by molar-refractivity contribution is 6.00. The van der Waals surface area contributed by atoms with Crippen molar-refractivity contribution in [2.24, 2.45) is 0 Å². The number of carbonyl (C=O) groups is 5. The molecule has 562 valence electrons. The smallest absolute Gasteiger partial charge is 0.413 e. The first-order valence-electron chi connectivity index (χ1n) is 35.4. The highest BCUT2D eigenvalue weighted by Crippen LogP contribution is 2.37. The molecule has 0 radical (unpaired) electrons. The number of anilines is 3. The lowest BCUT2D eigenvalue weighted by molar-refractivity contribution is -0.138. The van der Waals surface area contributed by atoms with Crippen molar-refractivity contribution in [3.05, 3.63) is 188 Å². The number of rotatable bonds is 19. The van der Waals surface area contributed by atoms with Crippen LogP contribution in [-0.4, -0.2) is 201 Å². The monoisotopic (exact) mass is 1490 g/mol. The van der Waals surface area contributed by atoms with Gasteiger partial charge in [-0.1, -0.05) is 12.1 Å². The van der Waals surface area contributed by atoms with Gasteiger partial charge in [-0.05, 0) is 137 Å². The van der Waals surface area contributed by atoms with Gasteiger partial charge in [0.1, 0.15) is 40.0 Å². The molecule has 5 amide bonds. The first-order chi connectivity index (χ1) is 53.3. The number of fused-ring (bicyclic) bond motifs is 3. The van der Waals surface area contributed by atoms with Gasteiger partial charge in [-0.2, -0.15) is 0 Å². The van der Waals surface area contributed by atoms with Gasteiger partial charge in [0.05, 0.1) is 84.8 Å². The van der Waals surface area contributed by atoms with E-state index in [0.717, 1.165) is 69.9 Å². The molecule has 0 aliphatic carbocycles. The number of piperazine rings is 2. The fourth-order valence-corrected chi connectivity index (χ4v) is 12.4. The number of imidazole rings is 4. The van der Waals surface area contributed by atoms with Gasteiger partial charge in [0.2, 0.25) is 29.7 Å². The van der Waals surface area contributed by atoms with Crippen molar-refractivity contribution in [2.75, 3.05) is 82.1 Å². The number of hydrogen-bond donors (Lipinski definition) is 6. The summed E-state index contributed by atoms with van der Waals surface area (Å²) >= 11 is 0. The van der Waals surface area contributed by atoms with Crippen LogP contribution in [0, 0.1) is 18.6 Å². The molecular weight excluding hydrogens is 1410 g/mol. The van der Waals surface area contributed by atoms with E-state index in [1.54, 1.807) is 87.2 Å². The third-order valence-electron chi connectivity index (χ3n) is 17.9. The SMILES string of the molecule is CCOC(=O)Nc1nc2c(-c3ccc(F)cn3)cc(-c3ccc(CN4CCN(C(C)C)C(=O)C4)nc3)cc2[nH]1.CCOC(=O)Nc1nc2c(-c3ncccc3F)cc(-c3ccc(CN4CCN(C)C(=O)C4)nc3)cc2[nH]1.CCOC(=O)Nc1nc2c(-c3ncccn3)cc(-c3cnc(Cn4ccnc4C)nc3)cc2[nH]1. The van der Waals surface area contributed by atoms with E-state index in [1.807, 2.05) is 98.1 Å². The van der Waals surface area contributed by atoms with Crippen molar-refractivity contribution in [1.29, 1.82) is 0 Å². The Hall–Kier alpha value is -13.4. The van der Waals surface area contributed by atoms with E-state index in [-0.39, 0.29) is 61.2 Å². The van der Waals surface area contributed by atoms with E-state index < -0.39 is 29.9 Å². The molecule has 0 saturated carbocycles. The summed E-state index contributed by atoms with van der Waals surface area (Å²) < 4.78 is 45.1. The lowest BCUT2D eigenvalue weighted by Crippen LogP contribution is -2.52. The number of ether oxygens (including phenoxy) is 3. The Morgan fingerprint density at radius 1 is 0.509 bits per heavy atom. The number of aryl methyl sites for hydroxylation is 1. The summed E-state index contributed by atoms with van der Waals surface area (Å²) in [5.41, 5.74) is 12.8. The fraction of sp³-hybridized carbons (Fsp3) is 0.260. The Morgan fingerprint density at radius 3 is 1.51 bits per heavy atom. The van der Waals surface area contributed by atoms with Crippen LogP contribution < -0.4 is 16.0 Å². The Balaban J connectivity index is 0.000000145. The summed E-state index contributed by atoms with van der Waals surface area (Å²) in [6.07, 6.45) is 14.9. The molecule has 13 aromatic rings. The maximum atomic E-state index is 14.7. The van der Waals surface area contributed by atoms with Crippen molar-refractivity contribution in [3.8, 4) is 67.3 Å². The second kappa shape index (κ2) is 34.0. The van der Waals surface area contributed by atoms with Crippen LogP contribution in [0.4, 0.5) is 41.0 Å². The van der Waals surface area contributed by atoms with Crippen molar-refractivity contribution in [2.45, 2.75) is 67.2 Å². The summed E-state index contributed by atoms with van der Waals surface area (Å²) in [4.78, 5) is 131. The molecule has 2 aliphatic heterocycles. The summed E-state index contributed by atoms with van der Waals surface area (Å²) in [5, 5.41) is 7.74. The molecule has 2 saturated heterocycles. The molecule has 0 unspecified atom stereocenters. The molecule has 110 heavy (non-hydrogen) atoms. The summed E-state index contributed by atoms with van der Waals surface area (Å²) in [6.45, 7) is 17.3. The van der Waals surface area contributed by atoms with Crippen LogP contribution >= 0.6 is 0 Å². The number of likely N-dealkylation sites (N-methyl/N-ethyl adjacent to an activating group) is 1. The molecule has 0 bridgehead atoms. The molecule has 2 aliphatic rings. The Bertz CT molecular complexity index is 5450. The maximum absolute atomic E-state index is 14.7. The first-order valence-corrected chi connectivity index (χ1v) is 35.4. The van der Waals surface area contributed by atoms with E-state index in [2.05, 4.69) is 101 Å². The van der Waals surface area contributed by atoms with E-state index in [1.165, 1.54) is 24.4 Å². The number of aromatic amines is 3. The van der Waals surface area contributed by atoms with Crippen LogP contribution in [0.3, 0.4) is 0 Å². The van der Waals surface area contributed by atoms with Gasteiger partial charge < -0.3 is 43.5 Å². The number of carbonyl (C=O) groups excluding carboxylic acids is 5. The third kappa shape index (κ3) is 18.0. The largest absolute Gasteiger partial charge is 0.450 e. The summed E-state index contributed by atoms with van der Waals surface area (Å²) in [7, 11) is 1.81. The lowest BCUT2D eigenvalue weighted by Gasteiger charge is -2.36. The number of nitrogens with one attached hydrogen (secondary N) is 6. The number of H-pyrrole nitrogens is 3. The second-order valence-corrected chi connectivity index (χ2v) is 25.8. The maximum Gasteiger partial charge on any atom is 0.413 e. The predicted octanol–water partition coefficient (Wildman–Crippen LogP) is 11.7. The fourth-order valence-electron chi connectivity index (χ4n) is 12.4. The zero-order chi connectivity index (χ0) is 77.0. The van der Waals surface area contributed by atoms with Gasteiger partial charge in [0.25, 0.3) is 0 Å². The molecule has 10 aromatic heterocycles. The number of benzene rings is 3. The highest BCUT2D eigenvalue weighted by Gasteiger charge is 2.27. The molecule has 33 heteroatoms. The van der Waals surface area contributed by atoms with Crippen molar-refractivity contribution >= 4 is 81.0 Å². The standard InChI is InChI=1S/C28H30FN7O3.C26H26FN7O3.C23H21N9O2/c1-4-39-28(38)34-27-32-24-12-19(11-22(26(24)33-27)23-8-6-20(29)14-31-23)18-5-7-21(30-13-18)15-35-9-10-36(17(2)3)25(37)16-35;1-3-37-26(36)32-25-30-21-12-17(11-19(24(21)31-25)23-20(27)5-4-8-28-23)16-6-7-18(29-13-16)14-34-10-9-33(2)22(35)15-34;1-3-34-23(33)31-22-29-18-10-15(9-17(20(18)30-22)21-25-5-4-6-26-21)16-11-27-19(28-12-16)13-32-8-7-24-14(32)2/h5-8,11-14,17H,4,9-10,15-16H2,1-3H3,(H2,32,33,34,38);4-8,11-13H,3,9-10,14-15H2,1-2H3,(H2,30,31,32,36);4-12H,3,13H2,1-2H3,(H2,29,30,31,33). The van der Waals surface area contributed by atoms with Crippen LogP contribution in [0.25, 0.3) is 100 Å². The normalized spacial score (nSPS) is 13.3. The van der Waals surface area contributed by atoms with Crippen LogP contribution in [-0.2, 0) is 43.4 Å². The minimum Gasteiger partial charge on any atom is -0.450 e. The lowest BCUT2D eigenvalue weighted by atomic mass is 10.0. The predicted molar refractivity (Wildman–Crippen MR) is 406 cm³/mol. The van der Waals surface area contributed by atoms with E-state index in [0.29, 0.717) is 113 Å². The van der Waals surface area contributed by atoms with Gasteiger partial charge in [-0.3, -0.25) is 55.3 Å². The number of hydrogen-bond acceptors (Lipinski definition) is 22. The molecule has 0 atom stereocenters. The van der Waals surface area contributed by atoms with Crippen LogP contribution in [0.5, 0.6) is 0 Å².